The molecule has 0 bridgehead atoms. The van der Waals surface area contributed by atoms with Crippen molar-refractivity contribution in [3.05, 3.63) is 63.4 Å². The van der Waals surface area contributed by atoms with Crippen molar-refractivity contribution in [2.75, 3.05) is 36.5 Å². The Hall–Kier alpha value is -2.71. The second kappa shape index (κ2) is 46.4. The van der Waals surface area contributed by atoms with Gasteiger partial charge in [0.15, 0.2) is 0 Å². The zero-order valence-corrected chi connectivity index (χ0v) is 42.6. The van der Waals surface area contributed by atoms with Gasteiger partial charge in [-0.05, 0) is 99.4 Å². The normalized spacial score (nSPS) is 11.3. The van der Waals surface area contributed by atoms with Gasteiger partial charge in [-0.1, -0.05) is 152 Å². The van der Waals surface area contributed by atoms with Crippen LogP contribution in [0.2, 0.25) is 5.02 Å². The molecule has 0 spiro atoms. The molecule has 0 radical (unpaired) electrons. The highest BCUT2D eigenvalue weighted by atomic mass is 35.5. The number of carbonyl (C=O) groups excluding carboxylic acids is 2. The maximum absolute atomic E-state index is 10.5. The lowest BCUT2D eigenvalue weighted by Crippen LogP contribution is -2.29. The van der Waals surface area contributed by atoms with E-state index >= 15 is 0 Å². The Labute approximate surface area is 375 Å². The quantitative estimate of drug-likeness (QED) is 0.0549. The van der Waals surface area contributed by atoms with Crippen LogP contribution in [-0.4, -0.2) is 49.1 Å². The third kappa shape index (κ3) is 36.8. The molecule has 2 atom stereocenters. The molecule has 59 heavy (non-hydrogen) atoms. The van der Waals surface area contributed by atoms with Crippen LogP contribution < -0.4 is 21.3 Å². The van der Waals surface area contributed by atoms with E-state index in [1.807, 2.05) is 46.2 Å². The number of pyridine rings is 1. The molecule has 1 heterocycles. The van der Waals surface area contributed by atoms with Crippen molar-refractivity contribution in [2.24, 2.45) is 5.92 Å². The van der Waals surface area contributed by atoms with Crippen LogP contribution in [0.15, 0.2) is 47.3 Å². The molecule has 0 aliphatic rings. The second-order valence-electron chi connectivity index (χ2n) is 14.7. The first-order chi connectivity index (χ1) is 28.3. The summed E-state index contributed by atoms with van der Waals surface area (Å²) in [5, 5.41) is 8.41. The van der Waals surface area contributed by atoms with E-state index in [1.165, 1.54) is 98.9 Å². The Morgan fingerprint density at radius 2 is 1.46 bits per heavy atom. The molecule has 1 aromatic heterocycles. The molecule has 344 valence electrons. The van der Waals surface area contributed by atoms with Crippen LogP contribution in [0, 0.1) is 12.8 Å². The molecule has 2 unspecified atom stereocenters. The zero-order chi connectivity index (χ0) is 45.9. The number of unbranched alkanes of at least 4 members (excludes halogenated alkanes) is 4. The number of aromatic nitrogens is 1. The molecule has 0 aliphatic heterocycles. The van der Waals surface area contributed by atoms with Gasteiger partial charge in [-0.2, -0.15) is 0 Å². The van der Waals surface area contributed by atoms with E-state index in [2.05, 4.69) is 107 Å². The van der Waals surface area contributed by atoms with Gasteiger partial charge in [0.05, 0.1) is 15.7 Å². The first-order valence-corrected chi connectivity index (χ1v) is 24.8. The van der Waals surface area contributed by atoms with Crippen molar-refractivity contribution < 1.29 is 9.59 Å². The molecule has 9 heteroatoms. The summed E-state index contributed by atoms with van der Waals surface area (Å²) < 4.78 is 0. The van der Waals surface area contributed by atoms with Crippen LogP contribution in [-0.2, 0) is 16.0 Å². The number of thioether (sulfide) groups is 1. The third-order valence-corrected chi connectivity index (χ3v) is 10.7. The summed E-state index contributed by atoms with van der Waals surface area (Å²) in [6.45, 7) is 32.4. The molecule has 2 rings (SSSR count). The van der Waals surface area contributed by atoms with Crippen molar-refractivity contribution in [3.63, 3.8) is 0 Å². The van der Waals surface area contributed by atoms with Gasteiger partial charge in [-0.15, -0.1) is 11.8 Å². The predicted molar refractivity (Wildman–Crippen MR) is 269 cm³/mol. The lowest BCUT2D eigenvalue weighted by molar-refractivity contribution is -0.116. The Balaban J connectivity index is -0.000000345. The fourth-order valence-corrected chi connectivity index (χ4v) is 6.63. The van der Waals surface area contributed by atoms with E-state index in [0.29, 0.717) is 24.0 Å². The Bertz CT molecular complexity index is 1260. The standard InChI is InChI=1S/C16H32N2OS.C14H24N2.C9H12ClN.C5H12.C4H8O.C2H6/c1-5-8-9-11-15(10-6-2)18-16(20-4)14(7-3)12-17-13-19;1-4-11-16(12-8-13(3)5-2)14-6-9-15-10-7-14;1-3-7-4-6(2)5-8(10)9(7)11;1-3-5-4-2;1-3-4(2)5;1-2/h13,15,18H,5-12H2,1-4H3,(H,17,19);6-7,9-10,13H,4-5,8,11-12H2,1-3H3;4-5H,3,11H2,1-2H3;3-5H2,1-2H3;3H2,1-2H3;1-2H3/b16-14+;;;;;. The van der Waals surface area contributed by atoms with Crippen molar-refractivity contribution in [1.29, 1.82) is 0 Å². The topological polar surface area (TPSA) is 100 Å². The SMILES string of the molecule is CC.CCC(C)=O.CCCCC.CCCCCC(CCC)N/C(SC)=C(/CC)CNC=O.CCCN(CCC(C)CC)c1ccncc1.CCc1cc(C)cc(Cl)c1N. The molecule has 0 saturated carbocycles. The van der Waals surface area contributed by atoms with Crippen LogP contribution >= 0.6 is 23.4 Å². The summed E-state index contributed by atoms with van der Waals surface area (Å²) in [6.07, 6.45) is 24.6. The number of aryl methyl sites for hydroxylation is 2. The summed E-state index contributed by atoms with van der Waals surface area (Å²) in [4.78, 5) is 26.8. The molecule has 7 nitrogen and oxygen atoms in total. The molecule has 1 amide bonds. The molecule has 2 aromatic rings. The lowest BCUT2D eigenvalue weighted by Gasteiger charge is -2.25. The van der Waals surface area contributed by atoms with Gasteiger partial charge in [-0.25, -0.2) is 0 Å². The van der Waals surface area contributed by atoms with E-state index in [1.54, 1.807) is 18.7 Å². The zero-order valence-electron chi connectivity index (χ0n) is 41.0. The fraction of sp³-hybridized carbons (Fsp3) is 0.700. The van der Waals surface area contributed by atoms with E-state index in [4.69, 9.17) is 17.3 Å². The van der Waals surface area contributed by atoms with E-state index in [9.17, 15) is 9.59 Å². The average Bonchev–Trinajstić information content (AvgIpc) is 3.25. The molecular weight excluding hydrogens is 770 g/mol. The number of nitrogen functional groups attached to an aromatic ring is 1. The Morgan fingerprint density at radius 1 is 0.864 bits per heavy atom. The monoisotopic (exact) mass is 864 g/mol. The van der Waals surface area contributed by atoms with Gasteiger partial charge >= 0.3 is 0 Å². The highest BCUT2D eigenvalue weighted by Gasteiger charge is 2.12. The number of benzene rings is 1. The molecule has 0 aliphatic carbocycles. The van der Waals surface area contributed by atoms with Crippen molar-refractivity contribution in [2.45, 2.75) is 199 Å². The van der Waals surface area contributed by atoms with Crippen molar-refractivity contribution in [1.82, 2.24) is 15.6 Å². The van der Waals surface area contributed by atoms with Gasteiger partial charge in [0, 0.05) is 50.2 Å². The van der Waals surface area contributed by atoms with Gasteiger partial charge in [0.25, 0.3) is 0 Å². The summed E-state index contributed by atoms with van der Waals surface area (Å²) in [6, 6.07) is 8.72. The van der Waals surface area contributed by atoms with Gasteiger partial charge < -0.3 is 26.1 Å². The first kappa shape index (κ1) is 62.9. The number of ketones is 1. The Morgan fingerprint density at radius 3 is 1.88 bits per heavy atom. The smallest absolute Gasteiger partial charge is 0.207 e. The maximum Gasteiger partial charge on any atom is 0.207 e. The Kier molecular flexibility index (Phi) is 49.4. The summed E-state index contributed by atoms with van der Waals surface area (Å²) in [5.41, 5.74) is 11.4. The minimum atomic E-state index is 0.255. The summed E-state index contributed by atoms with van der Waals surface area (Å²) >= 11 is 7.63. The van der Waals surface area contributed by atoms with Crippen molar-refractivity contribution >= 4 is 46.9 Å². The van der Waals surface area contributed by atoms with Gasteiger partial charge in [-0.3, -0.25) is 9.78 Å². The number of amides is 1. The minimum absolute atomic E-state index is 0.255. The fourth-order valence-electron chi connectivity index (χ4n) is 5.55. The van der Waals surface area contributed by atoms with Crippen LogP contribution in [0.25, 0.3) is 0 Å². The number of nitrogens with one attached hydrogen (secondary N) is 2. The largest absolute Gasteiger partial charge is 0.397 e. The minimum Gasteiger partial charge on any atom is -0.397 e. The third-order valence-electron chi connectivity index (χ3n) is 9.53. The lowest BCUT2D eigenvalue weighted by atomic mass is 10.0. The first-order valence-electron chi connectivity index (χ1n) is 23.2. The number of rotatable bonds is 24. The second-order valence-corrected chi connectivity index (χ2v) is 15.9. The summed E-state index contributed by atoms with van der Waals surface area (Å²) in [7, 11) is 0. The summed E-state index contributed by atoms with van der Waals surface area (Å²) in [5.74, 6) is 1.08. The van der Waals surface area contributed by atoms with E-state index in [-0.39, 0.29) is 5.78 Å². The van der Waals surface area contributed by atoms with Crippen LogP contribution in [0.3, 0.4) is 0 Å². The van der Waals surface area contributed by atoms with Gasteiger partial charge in [0.2, 0.25) is 6.41 Å². The van der Waals surface area contributed by atoms with E-state index < -0.39 is 0 Å². The number of nitrogens with zero attached hydrogens (tertiary/aromatic N) is 2. The van der Waals surface area contributed by atoms with Crippen LogP contribution in [0.4, 0.5) is 11.4 Å². The van der Waals surface area contributed by atoms with Crippen molar-refractivity contribution in [3.8, 4) is 0 Å². The molecule has 0 saturated heterocycles. The maximum atomic E-state index is 10.5. The number of carbonyl (C=O) groups is 2. The predicted octanol–water partition coefficient (Wildman–Crippen LogP) is 14.8. The highest BCUT2D eigenvalue weighted by molar-refractivity contribution is 8.02. The number of nitrogens with two attached hydrogens (primary N) is 1. The number of halogens is 1. The number of hydrogen-bond donors (Lipinski definition) is 3. The number of anilines is 2. The van der Waals surface area contributed by atoms with Gasteiger partial charge in [0.1, 0.15) is 5.78 Å². The molecule has 1 aromatic carbocycles. The molecular formula is C50H94ClN5O2S. The molecule has 0 fully saturated rings. The van der Waals surface area contributed by atoms with Crippen LogP contribution in [0.1, 0.15) is 191 Å². The van der Waals surface area contributed by atoms with Crippen LogP contribution in [0.5, 0.6) is 0 Å². The average molecular weight is 865 g/mol. The highest BCUT2D eigenvalue weighted by Crippen LogP contribution is 2.25. The van der Waals surface area contributed by atoms with E-state index in [0.717, 1.165) is 49.5 Å². The number of hydrogen-bond acceptors (Lipinski definition) is 7. The number of Topliss-reactive ketones (excluding diaryl/α,β-unsaturated/α-hetero) is 1. The molecule has 4 N–H and O–H groups in total.